The second-order valence-corrected chi connectivity index (χ2v) is 3.40. The summed E-state index contributed by atoms with van der Waals surface area (Å²) in [6.45, 7) is 0. The fraction of sp³-hybridized carbons (Fsp3) is 0.875. The first-order chi connectivity index (χ1) is 5.49. The van der Waals surface area contributed by atoms with Crippen molar-refractivity contribution in [3.8, 4) is 0 Å². The van der Waals surface area contributed by atoms with Gasteiger partial charge >= 0.3 is 5.97 Å². The number of halogens is 2. The van der Waals surface area contributed by atoms with E-state index in [2.05, 4.69) is 0 Å². The summed E-state index contributed by atoms with van der Waals surface area (Å²) < 4.78 is 25.1. The van der Waals surface area contributed by atoms with Gasteiger partial charge < -0.3 is 5.11 Å². The van der Waals surface area contributed by atoms with Gasteiger partial charge in [-0.15, -0.1) is 0 Å². The number of rotatable bonds is 2. The van der Waals surface area contributed by atoms with E-state index in [1.165, 1.54) is 0 Å². The zero-order valence-corrected chi connectivity index (χ0v) is 6.72. The molecule has 0 amide bonds. The molecule has 0 unspecified atom stereocenters. The number of hydrogen-bond donors (Lipinski definition) is 1. The van der Waals surface area contributed by atoms with Crippen LogP contribution in [0.15, 0.2) is 0 Å². The standard InChI is InChI=1S/C8H12F2O2/c9-8(10)3-1-6(2-4-8)5-7(11)12/h6H,1-5H2,(H,11,12). The van der Waals surface area contributed by atoms with Gasteiger partial charge in [-0.2, -0.15) is 0 Å². The SMILES string of the molecule is O=C(O)CC1CCC(F)(F)CC1. The predicted octanol–water partition coefficient (Wildman–Crippen LogP) is 2.29. The van der Waals surface area contributed by atoms with E-state index in [4.69, 9.17) is 5.11 Å². The highest BCUT2D eigenvalue weighted by Gasteiger charge is 2.35. The van der Waals surface area contributed by atoms with E-state index in [9.17, 15) is 13.6 Å². The first kappa shape index (κ1) is 9.42. The Balaban J connectivity index is 2.31. The van der Waals surface area contributed by atoms with E-state index >= 15 is 0 Å². The lowest BCUT2D eigenvalue weighted by Gasteiger charge is -2.26. The largest absolute Gasteiger partial charge is 0.481 e. The van der Waals surface area contributed by atoms with Crippen LogP contribution in [0.4, 0.5) is 8.78 Å². The van der Waals surface area contributed by atoms with Crippen LogP contribution in [-0.4, -0.2) is 17.0 Å². The molecule has 0 aromatic carbocycles. The highest BCUT2D eigenvalue weighted by molar-refractivity contribution is 5.67. The monoisotopic (exact) mass is 178 g/mol. The molecule has 0 aliphatic heterocycles. The Labute approximate surface area is 69.6 Å². The van der Waals surface area contributed by atoms with Crippen LogP contribution < -0.4 is 0 Å². The van der Waals surface area contributed by atoms with Gasteiger partial charge in [-0.1, -0.05) is 0 Å². The summed E-state index contributed by atoms with van der Waals surface area (Å²) in [5.74, 6) is -3.47. The number of hydrogen-bond acceptors (Lipinski definition) is 1. The molecule has 0 spiro atoms. The number of alkyl halides is 2. The average Bonchev–Trinajstić information content (AvgIpc) is 1.93. The highest BCUT2D eigenvalue weighted by Crippen LogP contribution is 2.37. The van der Waals surface area contributed by atoms with Crippen molar-refractivity contribution in [3.05, 3.63) is 0 Å². The third-order valence-corrected chi connectivity index (χ3v) is 2.30. The molecule has 12 heavy (non-hydrogen) atoms. The average molecular weight is 178 g/mol. The van der Waals surface area contributed by atoms with Gasteiger partial charge in [0.2, 0.25) is 5.92 Å². The Morgan fingerprint density at radius 2 is 1.92 bits per heavy atom. The van der Waals surface area contributed by atoms with Crippen LogP contribution in [0.3, 0.4) is 0 Å². The minimum atomic E-state index is -2.55. The molecule has 4 heteroatoms. The van der Waals surface area contributed by atoms with Crippen LogP contribution in [0.1, 0.15) is 32.1 Å². The van der Waals surface area contributed by atoms with E-state index < -0.39 is 11.9 Å². The lowest BCUT2D eigenvalue weighted by Crippen LogP contribution is -2.25. The van der Waals surface area contributed by atoms with Crippen molar-refractivity contribution in [2.24, 2.45) is 5.92 Å². The molecule has 2 nitrogen and oxygen atoms in total. The molecule has 1 aliphatic carbocycles. The normalized spacial score (nSPS) is 23.8. The Hall–Kier alpha value is -0.670. The summed E-state index contributed by atoms with van der Waals surface area (Å²) >= 11 is 0. The summed E-state index contributed by atoms with van der Waals surface area (Å²) in [6.07, 6.45) is 0.435. The molecule has 1 N–H and O–H groups in total. The Morgan fingerprint density at radius 3 is 2.33 bits per heavy atom. The van der Waals surface area contributed by atoms with E-state index in [0.29, 0.717) is 12.8 Å². The minimum Gasteiger partial charge on any atom is -0.481 e. The Bertz CT molecular complexity index is 170. The second-order valence-electron chi connectivity index (χ2n) is 3.40. The molecule has 0 aromatic rings. The van der Waals surface area contributed by atoms with Crippen molar-refractivity contribution in [2.45, 2.75) is 38.0 Å². The summed E-state index contributed by atoms with van der Waals surface area (Å²) in [4.78, 5) is 10.2. The van der Waals surface area contributed by atoms with Crippen LogP contribution in [0, 0.1) is 5.92 Å². The van der Waals surface area contributed by atoms with Gasteiger partial charge in [0, 0.05) is 19.3 Å². The van der Waals surface area contributed by atoms with Crippen LogP contribution in [0.5, 0.6) is 0 Å². The van der Waals surface area contributed by atoms with Gasteiger partial charge in [-0.05, 0) is 18.8 Å². The number of aliphatic carboxylic acids is 1. The summed E-state index contributed by atoms with van der Waals surface area (Å²) in [5, 5.41) is 8.41. The van der Waals surface area contributed by atoms with E-state index in [-0.39, 0.29) is 25.2 Å². The van der Waals surface area contributed by atoms with Crippen LogP contribution >= 0.6 is 0 Å². The van der Waals surface area contributed by atoms with Crippen LogP contribution in [0.25, 0.3) is 0 Å². The molecular weight excluding hydrogens is 166 g/mol. The lowest BCUT2D eigenvalue weighted by molar-refractivity contribution is -0.139. The van der Waals surface area contributed by atoms with Crippen LogP contribution in [0.2, 0.25) is 0 Å². The van der Waals surface area contributed by atoms with Crippen molar-refractivity contribution in [1.29, 1.82) is 0 Å². The number of carbonyl (C=O) groups is 1. The fourth-order valence-electron chi connectivity index (χ4n) is 1.55. The number of carboxylic acid groups (broad SMARTS) is 1. The number of carboxylic acids is 1. The Kier molecular flexibility index (Phi) is 2.65. The molecule has 1 saturated carbocycles. The highest BCUT2D eigenvalue weighted by atomic mass is 19.3. The maximum absolute atomic E-state index is 12.6. The second kappa shape index (κ2) is 3.37. The quantitative estimate of drug-likeness (QED) is 0.704. The lowest BCUT2D eigenvalue weighted by atomic mass is 9.85. The maximum atomic E-state index is 12.6. The molecule has 0 atom stereocenters. The summed E-state index contributed by atoms with van der Waals surface area (Å²) in [5.41, 5.74) is 0. The molecule has 0 radical (unpaired) electrons. The first-order valence-electron chi connectivity index (χ1n) is 4.09. The maximum Gasteiger partial charge on any atom is 0.303 e. The van der Waals surface area contributed by atoms with Gasteiger partial charge in [-0.25, -0.2) is 8.78 Å². The van der Waals surface area contributed by atoms with Crippen molar-refractivity contribution in [2.75, 3.05) is 0 Å². The van der Waals surface area contributed by atoms with Gasteiger partial charge in [0.25, 0.3) is 0 Å². The third-order valence-electron chi connectivity index (χ3n) is 2.30. The van der Waals surface area contributed by atoms with Gasteiger partial charge in [-0.3, -0.25) is 4.79 Å². The molecule has 70 valence electrons. The molecule has 0 bridgehead atoms. The van der Waals surface area contributed by atoms with Crippen molar-refractivity contribution in [1.82, 2.24) is 0 Å². The topological polar surface area (TPSA) is 37.3 Å². The third kappa shape index (κ3) is 2.75. The van der Waals surface area contributed by atoms with Crippen LogP contribution in [-0.2, 0) is 4.79 Å². The van der Waals surface area contributed by atoms with Crippen molar-refractivity contribution < 1.29 is 18.7 Å². The van der Waals surface area contributed by atoms with Crippen molar-refractivity contribution >= 4 is 5.97 Å². The minimum absolute atomic E-state index is 0.0378. The molecule has 1 rings (SSSR count). The molecule has 0 aromatic heterocycles. The zero-order valence-electron chi connectivity index (χ0n) is 6.72. The summed E-state index contributed by atoms with van der Waals surface area (Å²) in [6, 6.07) is 0. The zero-order chi connectivity index (χ0) is 9.19. The van der Waals surface area contributed by atoms with Crippen molar-refractivity contribution in [3.63, 3.8) is 0 Å². The molecule has 1 fully saturated rings. The molecular formula is C8H12F2O2. The molecule has 0 saturated heterocycles. The van der Waals surface area contributed by atoms with Gasteiger partial charge in [0.15, 0.2) is 0 Å². The molecule has 0 heterocycles. The summed E-state index contributed by atoms with van der Waals surface area (Å²) in [7, 11) is 0. The first-order valence-corrected chi connectivity index (χ1v) is 4.09. The van der Waals surface area contributed by atoms with E-state index in [1.807, 2.05) is 0 Å². The fourth-order valence-corrected chi connectivity index (χ4v) is 1.55. The predicted molar refractivity (Wildman–Crippen MR) is 39.2 cm³/mol. The smallest absolute Gasteiger partial charge is 0.303 e. The Morgan fingerprint density at radius 1 is 1.42 bits per heavy atom. The van der Waals surface area contributed by atoms with E-state index in [0.717, 1.165) is 0 Å². The van der Waals surface area contributed by atoms with E-state index in [1.54, 1.807) is 0 Å². The van der Waals surface area contributed by atoms with Gasteiger partial charge in [0.05, 0.1) is 0 Å². The van der Waals surface area contributed by atoms with Gasteiger partial charge in [0.1, 0.15) is 0 Å². The molecule has 1 aliphatic rings.